The normalized spacial score (nSPS) is 12.6. The van der Waals surface area contributed by atoms with Crippen LogP contribution < -0.4 is 14.8 Å². The van der Waals surface area contributed by atoms with Crippen molar-refractivity contribution in [2.24, 2.45) is 0 Å². The first-order valence-corrected chi connectivity index (χ1v) is 8.69. The zero-order valence-corrected chi connectivity index (χ0v) is 14.8. The lowest BCUT2D eigenvalue weighted by atomic mass is 10.2. The number of furan rings is 1. The molecule has 25 heavy (non-hydrogen) atoms. The maximum Gasteiger partial charge on any atom is 0.231 e. The standard InChI is InChI=1S/C19H15Cl2NO3/c20-13-2-4-15(16(21)8-13)17-6-3-14(25-17)10-22-9-12-1-5-18-19(7-12)24-11-23-18/h1-8,22H,9-11H2/p+1. The number of nitrogens with two attached hydrogens (primary N) is 1. The van der Waals surface area contributed by atoms with Gasteiger partial charge in [0.25, 0.3) is 0 Å². The van der Waals surface area contributed by atoms with Gasteiger partial charge in [0, 0.05) is 16.1 Å². The highest BCUT2D eigenvalue weighted by atomic mass is 35.5. The highest BCUT2D eigenvalue weighted by Crippen LogP contribution is 2.32. The van der Waals surface area contributed by atoms with Crippen LogP contribution in [0.25, 0.3) is 11.3 Å². The number of hydrogen-bond acceptors (Lipinski definition) is 3. The van der Waals surface area contributed by atoms with Gasteiger partial charge in [-0.25, -0.2) is 0 Å². The Hall–Kier alpha value is -2.14. The molecule has 0 unspecified atom stereocenters. The number of benzene rings is 2. The Morgan fingerprint density at radius 3 is 2.64 bits per heavy atom. The zero-order chi connectivity index (χ0) is 17.2. The van der Waals surface area contributed by atoms with Crippen molar-refractivity contribution in [1.82, 2.24) is 0 Å². The van der Waals surface area contributed by atoms with E-state index >= 15 is 0 Å². The molecule has 1 aliphatic rings. The van der Waals surface area contributed by atoms with Crippen LogP contribution in [0, 0.1) is 0 Å². The van der Waals surface area contributed by atoms with Gasteiger partial charge in [-0.2, -0.15) is 0 Å². The Morgan fingerprint density at radius 2 is 1.76 bits per heavy atom. The van der Waals surface area contributed by atoms with E-state index in [1.165, 1.54) is 5.56 Å². The van der Waals surface area contributed by atoms with E-state index in [0.717, 1.165) is 41.7 Å². The Bertz CT molecular complexity index is 907. The van der Waals surface area contributed by atoms with E-state index < -0.39 is 0 Å². The molecule has 0 saturated carbocycles. The zero-order valence-electron chi connectivity index (χ0n) is 13.3. The predicted octanol–water partition coefficient (Wildman–Crippen LogP) is 4.25. The molecule has 0 aliphatic carbocycles. The van der Waals surface area contributed by atoms with E-state index in [9.17, 15) is 0 Å². The molecule has 0 spiro atoms. The molecular weight excluding hydrogens is 361 g/mol. The monoisotopic (exact) mass is 376 g/mol. The average Bonchev–Trinajstić information content (AvgIpc) is 3.23. The van der Waals surface area contributed by atoms with Gasteiger partial charge in [0.2, 0.25) is 6.79 Å². The minimum absolute atomic E-state index is 0.297. The molecule has 0 fully saturated rings. The minimum atomic E-state index is 0.297. The lowest BCUT2D eigenvalue weighted by Crippen LogP contribution is -2.80. The topological polar surface area (TPSA) is 48.2 Å². The van der Waals surface area contributed by atoms with E-state index in [4.69, 9.17) is 37.1 Å². The van der Waals surface area contributed by atoms with E-state index in [1.54, 1.807) is 12.1 Å². The van der Waals surface area contributed by atoms with Gasteiger partial charge in [-0.1, -0.05) is 23.2 Å². The van der Waals surface area contributed by atoms with Gasteiger partial charge in [0.05, 0.1) is 5.02 Å². The quantitative estimate of drug-likeness (QED) is 0.723. The van der Waals surface area contributed by atoms with Gasteiger partial charge < -0.3 is 19.2 Å². The lowest BCUT2D eigenvalue weighted by Gasteiger charge is -2.03. The van der Waals surface area contributed by atoms with Crippen LogP contribution in [0.4, 0.5) is 0 Å². The van der Waals surface area contributed by atoms with Crippen LogP contribution in [0.1, 0.15) is 11.3 Å². The van der Waals surface area contributed by atoms with Crippen molar-refractivity contribution in [1.29, 1.82) is 0 Å². The fourth-order valence-corrected chi connectivity index (χ4v) is 3.27. The molecule has 4 nitrogen and oxygen atoms in total. The maximum atomic E-state index is 6.23. The number of rotatable bonds is 5. The molecule has 3 aromatic rings. The summed E-state index contributed by atoms with van der Waals surface area (Å²) in [7, 11) is 0. The molecule has 0 atom stereocenters. The summed E-state index contributed by atoms with van der Waals surface area (Å²) in [6, 6.07) is 15.3. The van der Waals surface area contributed by atoms with Gasteiger partial charge in [-0.15, -0.1) is 0 Å². The lowest BCUT2D eigenvalue weighted by molar-refractivity contribution is -0.687. The van der Waals surface area contributed by atoms with Crippen molar-refractivity contribution in [3.8, 4) is 22.8 Å². The fraction of sp³-hybridized carbons (Fsp3) is 0.158. The summed E-state index contributed by atoms with van der Waals surface area (Å²) < 4.78 is 16.6. The van der Waals surface area contributed by atoms with Crippen molar-refractivity contribution in [2.45, 2.75) is 13.1 Å². The van der Waals surface area contributed by atoms with Crippen LogP contribution >= 0.6 is 23.2 Å². The Morgan fingerprint density at radius 1 is 0.880 bits per heavy atom. The van der Waals surface area contributed by atoms with Crippen molar-refractivity contribution in [2.75, 3.05) is 6.79 Å². The summed E-state index contributed by atoms with van der Waals surface area (Å²) in [6.07, 6.45) is 0. The van der Waals surface area contributed by atoms with Crippen LogP contribution in [0.3, 0.4) is 0 Å². The van der Waals surface area contributed by atoms with Crippen LogP contribution in [0.5, 0.6) is 11.5 Å². The molecule has 6 heteroatoms. The van der Waals surface area contributed by atoms with Crippen LogP contribution in [0.15, 0.2) is 52.9 Å². The largest absolute Gasteiger partial charge is 0.455 e. The smallest absolute Gasteiger partial charge is 0.231 e. The summed E-state index contributed by atoms with van der Waals surface area (Å²) in [5.74, 6) is 3.25. The number of halogens is 2. The number of quaternary nitrogens is 1. The molecule has 1 aromatic heterocycles. The Balaban J connectivity index is 1.38. The molecule has 0 radical (unpaired) electrons. The van der Waals surface area contributed by atoms with E-state index in [1.807, 2.05) is 36.4 Å². The molecular formula is C19H16Cl2NO3+. The highest BCUT2D eigenvalue weighted by molar-refractivity contribution is 6.36. The van der Waals surface area contributed by atoms with Gasteiger partial charge in [-0.05, 0) is 48.5 Å². The third kappa shape index (κ3) is 3.61. The second-order valence-corrected chi connectivity index (χ2v) is 6.62. The first-order chi connectivity index (χ1) is 12.2. The predicted molar refractivity (Wildman–Crippen MR) is 96.1 cm³/mol. The molecule has 2 N–H and O–H groups in total. The number of ether oxygens (including phenoxy) is 2. The average molecular weight is 377 g/mol. The third-order valence-electron chi connectivity index (χ3n) is 4.02. The van der Waals surface area contributed by atoms with Crippen molar-refractivity contribution in [3.63, 3.8) is 0 Å². The third-order valence-corrected chi connectivity index (χ3v) is 4.57. The summed E-state index contributed by atoms with van der Waals surface area (Å²) in [4.78, 5) is 0. The summed E-state index contributed by atoms with van der Waals surface area (Å²) in [5.41, 5.74) is 2.02. The number of hydrogen-bond donors (Lipinski definition) is 1. The minimum Gasteiger partial charge on any atom is -0.455 e. The van der Waals surface area contributed by atoms with Crippen molar-refractivity contribution >= 4 is 23.2 Å². The second kappa shape index (κ2) is 7.00. The summed E-state index contributed by atoms with van der Waals surface area (Å²) in [5, 5.41) is 3.36. The van der Waals surface area contributed by atoms with Gasteiger partial charge >= 0.3 is 0 Å². The molecule has 2 aromatic carbocycles. The van der Waals surface area contributed by atoms with E-state index in [-0.39, 0.29) is 0 Å². The Kier molecular flexibility index (Phi) is 4.57. The van der Waals surface area contributed by atoms with E-state index in [2.05, 4.69) is 5.32 Å². The van der Waals surface area contributed by atoms with Crippen LogP contribution in [0.2, 0.25) is 10.0 Å². The van der Waals surface area contributed by atoms with Crippen molar-refractivity contribution in [3.05, 3.63) is 69.9 Å². The molecule has 4 rings (SSSR count). The number of fused-ring (bicyclic) bond motifs is 1. The van der Waals surface area contributed by atoms with Gasteiger partial charge in [0.15, 0.2) is 17.3 Å². The fourth-order valence-electron chi connectivity index (χ4n) is 2.77. The van der Waals surface area contributed by atoms with Gasteiger partial charge in [0.1, 0.15) is 18.8 Å². The second-order valence-electron chi connectivity index (χ2n) is 5.77. The van der Waals surface area contributed by atoms with Crippen LogP contribution in [-0.4, -0.2) is 6.79 Å². The van der Waals surface area contributed by atoms with Crippen molar-refractivity contribution < 1.29 is 19.2 Å². The highest BCUT2D eigenvalue weighted by Gasteiger charge is 2.14. The van der Waals surface area contributed by atoms with E-state index in [0.29, 0.717) is 16.8 Å². The molecule has 0 amide bonds. The Labute approximate surface area is 155 Å². The first-order valence-electron chi connectivity index (χ1n) is 7.93. The van der Waals surface area contributed by atoms with Crippen LogP contribution in [-0.2, 0) is 13.1 Å². The maximum absolute atomic E-state index is 6.23. The SMILES string of the molecule is Clc1ccc(-c2ccc(C[NH2+]Cc3ccc4c(c3)OCO4)o2)c(Cl)c1. The molecule has 0 bridgehead atoms. The molecule has 0 saturated heterocycles. The molecule has 2 heterocycles. The summed E-state index contributed by atoms with van der Waals surface area (Å²) >= 11 is 12.2. The van der Waals surface area contributed by atoms with Gasteiger partial charge in [-0.3, -0.25) is 0 Å². The summed E-state index contributed by atoms with van der Waals surface area (Å²) in [6.45, 7) is 1.86. The molecule has 1 aliphatic heterocycles. The first kappa shape index (κ1) is 16.3. The molecule has 128 valence electrons.